The molecule has 10 N–H and O–H groups in total. The van der Waals surface area contributed by atoms with Gasteiger partial charge in [-0.1, -0.05) is 13.8 Å². The van der Waals surface area contributed by atoms with E-state index in [0.29, 0.717) is 5.69 Å². The van der Waals surface area contributed by atoms with Crippen LogP contribution in [0.15, 0.2) is 12.5 Å². The molecule has 4 unspecified atom stereocenters. The molecular formula is C19H29N7O8. The number of rotatable bonds is 14. The summed E-state index contributed by atoms with van der Waals surface area (Å²) in [5.41, 5.74) is 11.6. The van der Waals surface area contributed by atoms with Crippen molar-refractivity contribution in [3.8, 4) is 0 Å². The van der Waals surface area contributed by atoms with E-state index in [1.807, 2.05) is 5.32 Å². The lowest BCUT2D eigenvalue weighted by molar-refractivity contribution is -0.147. The van der Waals surface area contributed by atoms with Crippen LogP contribution >= 0.6 is 0 Å². The molecule has 0 fully saturated rings. The summed E-state index contributed by atoms with van der Waals surface area (Å²) in [6, 6.07) is -5.61. The standard InChI is InChI=1S/C19H29N7O8/c1-8(2)15(26-16(30)10(20)3-9-6-22-7-23-9)18(32)24-11(4-13(21)27)17(31)25-12(19(33)34)5-14(28)29/h6-8,10-12,15H,3-5,20H2,1-2H3,(H2,21,27)(H,22,23)(H,24,32)(H,25,31)(H,26,30)(H,28,29)(H,33,34). The molecule has 0 saturated carbocycles. The number of nitrogens with two attached hydrogens (primary N) is 2. The number of carbonyl (C=O) groups is 6. The first-order valence-electron chi connectivity index (χ1n) is 10.2. The predicted molar refractivity (Wildman–Crippen MR) is 115 cm³/mol. The summed E-state index contributed by atoms with van der Waals surface area (Å²) in [5, 5.41) is 24.6. The van der Waals surface area contributed by atoms with Gasteiger partial charge in [0.2, 0.25) is 23.6 Å². The molecular weight excluding hydrogens is 454 g/mol. The maximum atomic E-state index is 12.8. The van der Waals surface area contributed by atoms with Gasteiger partial charge in [0.15, 0.2) is 0 Å². The van der Waals surface area contributed by atoms with E-state index in [0.717, 1.165) is 0 Å². The molecule has 0 saturated heterocycles. The Labute approximate surface area is 194 Å². The average Bonchev–Trinajstić information content (AvgIpc) is 3.22. The number of H-pyrrole nitrogens is 1. The van der Waals surface area contributed by atoms with Gasteiger partial charge < -0.3 is 42.6 Å². The second-order valence-corrected chi connectivity index (χ2v) is 7.85. The van der Waals surface area contributed by atoms with Crippen LogP contribution in [0, 0.1) is 5.92 Å². The number of aromatic nitrogens is 2. The molecule has 188 valence electrons. The van der Waals surface area contributed by atoms with Crippen LogP contribution in [0.5, 0.6) is 0 Å². The Morgan fingerprint density at radius 1 is 0.971 bits per heavy atom. The van der Waals surface area contributed by atoms with Crippen molar-refractivity contribution in [1.29, 1.82) is 0 Å². The van der Waals surface area contributed by atoms with E-state index in [-0.39, 0.29) is 6.42 Å². The molecule has 0 radical (unpaired) electrons. The highest BCUT2D eigenvalue weighted by Crippen LogP contribution is 2.06. The monoisotopic (exact) mass is 483 g/mol. The highest BCUT2D eigenvalue weighted by Gasteiger charge is 2.33. The van der Waals surface area contributed by atoms with E-state index in [1.54, 1.807) is 13.8 Å². The molecule has 4 atom stereocenters. The third-order valence-corrected chi connectivity index (χ3v) is 4.61. The summed E-state index contributed by atoms with van der Waals surface area (Å²) in [4.78, 5) is 77.9. The van der Waals surface area contributed by atoms with Crippen LogP contribution in [-0.4, -0.2) is 79.9 Å². The van der Waals surface area contributed by atoms with Crippen molar-refractivity contribution in [2.24, 2.45) is 17.4 Å². The second kappa shape index (κ2) is 12.9. The third-order valence-electron chi connectivity index (χ3n) is 4.61. The summed E-state index contributed by atoms with van der Waals surface area (Å²) in [5.74, 6) is -7.23. The summed E-state index contributed by atoms with van der Waals surface area (Å²) in [6.07, 6.45) is 1.39. The Balaban J connectivity index is 2.92. The van der Waals surface area contributed by atoms with Crippen LogP contribution in [0.2, 0.25) is 0 Å². The van der Waals surface area contributed by atoms with Gasteiger partial charge in [-0.05, 0) is 5.92 Å². The average molecular weight is 483 g/mol. The van der Waals surface area contributed by atoms with Gasteiger partial charge in [-0.15, -0.1) is 0 Å². The fourth-order valence-corrected chi connectivity index (χ4v) is 2.84. The molecule has 0 aromatic carbocycles. The molecule has 0 spiro atoms. The molecule has 4 amide bonds. The van der Waals surface area contributed by atoms with Gasteiger partial charge in [0.25, 0.3) is 0 Å². The normalized spacial score (nSPS) is 14.4. The number of aromatic amines is 1. The number of imidazole rings is 1. The molecule has 0 aliphatic carbocycles. The summed E-state index contributed by atoms with van der Waals surface area (Å²) >= 11 is 0. The smallest absolute Gasteiger partial charge is 0.326 e. The SMILES string of the molecule is CC(C)C(NC(=O)C(N)Cc1cnc[nH]1)C(=O)NC(CC(N)=O)C(=O)NC(CC(=O)O)C(=O)O. The minimum Gasteiger partial charge on any atom is -0.481 e. The number of nitrogens with one attached hydrogen (secondary N) is 4. The first kappa shape index (κ1) is 28.0. The lowest BCUT2D eigenvalue weighted by Crippen LogP contribution is -2.59. The summed E-state index contributed by atoms with van der Waals surface area (Å²) in [7, 11) is 0. The number of carbonyl (C=O) groups excluding carboxylic acids is 4. The van der Waals surface area contributed by atoms with Crippen LogP contribution in [0.3, 0.4) is 0 Å². The van der Waals surface area contributed by atoms with Crippen molar-refractivity contribution in [2.45, 2.75) is 57.3 Å². The fraction of sp³-hybridized carbons (Fsp3) is 0.526. The minimum absolute atomic E-state index is 0.116. The molecule has 1 rings (SSSR count). The van der Waals surface area contributed by atoms with Crippen molar-refractivity contribution in [1.82, 2.24) is 25.9 Å². The van der Waals surface area contributed by atoms with Gasteiger partial charge in [-0.3, -0.25) is 24.0 Å². The molecule has 0 aliphatic rings. The highest BCUT2D eigenvalue weighted by atomic mass is 16.4. The molecule has 34 heavy (non-hydrogen) atoms. The minimum atomic E-state index is -1.81. The van der Waals surface area contributed by atoms with Gasteiger partial charge in [0, 0.05) is 18.3 Å². The van der Waals surface area contributed by atoms with Crippen LogP contribution in [0.4, 0.5) is 0 Å². The van der Waals surface area contributed by atoms with Crippen molar-refractivity contribution in [3.63, 3.8) is 0 Å². The summed E-state index contributed by atoms with van der Waals surface area (Å²) in [6.45, 7) is 3.23. The molecule has 15 nitrogen and oxygen atoms in total. The van der Waals surface area contributed by atoms with E-state index in [1.165, 1.54) is 12.5 Å². The number of primary amides is 1. The van der Waals surface area contributed by atoms with E-state index in [2.05, 4.69) is 20.6 Å². The Morgan fingerprint density at radius 2 is 1.59 bits per heavy atom. The van der Waals surface area contributed by atoms with Crippen LogP contribution in [-0.2, 0) is 35.2 Å². The summed E-state index contributed by atoms with van der Waals surface area (Å²) < 4.78 is 0. The number of amides is 4. The van der Waals surface area contributed by atoms with E-state index in [9.17, 15) is 28.8 Å². The van der Waals surface area contributed by atoms with Crippen LogP contribution in [0.1, 0.15) is 32.4 Å². The van der Waals surface area contributed by atoms with E-state index in [4.69, 9.17) is 21.7 Å². The Kier molecular flexibility index (Phi) is 10.6. The maximum Gasteiger partial charge on any atom is 0.326 e. The number of carboxylic acid groups (broad SMARTS) is 2. The van der Waals surface area contributed by atoms with E-state index < -0.39 is 78.5 Å². The highest BCUT2D eigenvalue weighted by molar-refractivity contribution is 5.96. The number of hydrogen-bond donors (Lipinski definition) is 8. The van der Waals surface area contributed by atoms with Gasteiger partial charge in [-0.25, -0.2) is 9.78 Å². The molecule has 1 heterocycles. The van der Waals surface area contributed by atoms with Gasteiger partial charge >= 0.3 is 11.9 Å². The van der Waals surface area contributed by atoms with Crippen molar-refractivity contribution >= 4 is 35.6 Å². The zero-order chi connectivity index (χ0) is 26.0. The zero-order valence-electron chi connectivity index (χ0n) is 18.6. The zero-order valence-corrected chi connectivity index (χ0v) is 18.6. The lowest BCUT2D eigenvalue weighted by atomic mass is 10.0. The number of aliphatic carboxylic acids is 2. The molecule has 1 aromatic rings. The quantitative estimate of drug-likeness (QED) is 0.131. The second-order valence-electron chi connectivity index (χ2n) is 7.85. The van der Waals surface area contributed by atoms with Crippen molar-refractivity contribution in [3.05, 3.63) is 18.2 Å². The Hall–Kier alpha value is -4.01. The molecule has 15 heteroatoms. The molecule has 0 bridgehead atoms. The lowest BCUT2D eigenvalue weighted by Gasteiger charge is -2.26. The van der Waals surface area contributed by atoms with Crippen LogP contribution < -0.4 is 27.4 Å². The van der Waals surface area contributed by atoms with Crippen LogP contribution in [0.25, 0.3) is 0 Å². The van der Waals surface area contributed by atoms with Gasteiger partial charge in [0.05, 0.1) is 25.2 Å². The van der Waals surface area contributed by atoms with Gasteiger partial charge in [0.1, 0.15) is 18.1 Å². The number of nitrogens with zero attached hydrogens (tertiary/aromatic N) is 1. The van der Waals surface area contributed by atoms with E-state index >= 15 is 0 Å². The topological polar surface area (TPSA) is 260 Å². The first-order valence-corrected chi connectivity index (χ1v) is 10.2. The Bertz CT molecular complexity index is 902. The molecule has 1 aromatic heterocycles. The first-order chi connectivity index (χ1) is 15.8. The predicted octanol–water partition coefficient (Wildman–Crippen LogP) is -3.18. The van der Waals surface area contributed by atoms with Gasteiger partial charge in [-0.2, -0.15) is 0 Å². The largest absolute Gasteiger partial charge is 0.481 e. The number of hydrogen-bond acceptors (Lipinski definition) is 8. The third kappa shape index (κ3) is 9.23. The molecule has 0 aliphatic heterocycles. The maximum absolute atomic E-state index is 12.8. The van der Waals surface area contributed by atoms with Crippen molar-refractivity contribution in [2.75, 3.05) is 0 Å². The van der Waals surface area contributed by atoms with Crippen molar-refractivity contribution < 1.29 is 39.0 Å². The fourth-order valence-electron chi connectivity index (χ4n) is 2.84. The Morgan fingerprint density at radius 3 is 2.06 bits per heavy atom. The number of carboxylic acids is 2.